The van der Waals surface area contributed by atoms with Crippen molar-refractivity contribution in [1.29, 1.82) is 0 Å². The average Bonchev–Trinajstić information content (AvgIpc) is 2.74. The lowest BCUT2D eigenvalue weighted by molar-refractivity contribution is -0.0362. The third-order valence-electron chi connectivity index (χ3n) is 4.76. The standard InChI is InChI=1S/C21H25FIN3O4/c1-15-4-2-3-5-19(15)26(23)20-12-16(22)6-7-18(20)21(28)24-30-14-17(27)13-25-8-10-29-11-9-25/h2-7,12,17,27H,8-11,13-14H2,1H3,(H,24,28). The lowest BCUT2D eigenvalue weighted by atomic mass is 10.1. The van der Waals surface area contributed by atoms with E-state index < -0.39 is 17.8 Å². The zero-order valence-corrected chi connectivity index (χ0v) is 18.8. The van der Waals surface area contributed by atoms with E-state index in [9.17, 15) is 14.3 Å². The van der Waals surface area contributed by atoms with Crippen LogP contribution in [0.3, 0.4) is 0 Å². The number of para-hydroxylation sites is 1. The Kier molecular flexibility index (Phi) is 8.40. The van der Waals surface area contributed by atoms with Crippen molar-refractivity contribution in [2.24, 2.45) is 0 Å². The Balaban J connectivity index is 1.62. The highest BCUT2D eigenvalue weighted by molar-refractivity contribution is 14.1. The largest absolute Gasteiger partial charge is 0.389 e. The summed E-state index contributed by atoms with van der Waals surface area (Å²) in [5.41, 5.74) is 4.85. The molecule has 1 saturated heterocycles. The van der Waals surface area contributed by atoms with Gasteiger partial charge >= 0.3 is 0 Å². The first-order chi connectivity index (χ1) is 14.5. The second-order valence-electron chi connectivity index (χ2n) is 7.04. The molecule has 2 aromatic rings. The minimum atomic E-state index is -0.746. The summed E-state index contributed by atoms with van der Waals surface area (Å²) in [5, 5.41) is 10.1. The van der Waals surface area contributed by atoms with Gasteiger partial charge in [-0.3, -0.25) is 17.6 Å². The molecule has 0 aliphatic carbocycles. The number of benzene rings is 2. The monoisotopic (exact) mass is 529 g/mol. The molecule has 1 aliphatic rings. The average molecular weight is 529 g/mol. The summed E-state index contributed by atoms with van der Waals surface area (Å²) in [6.07, 6.45) is -0.746. The van der Waals surface area contributed by atoms with Gasteiger partial charge in [0.1, 0.15) is 12.4 Å². The number of aliphatic hydroxyl groups excluding tert-OH is 1. The molecular formula is C21H25FIN3O4. The molecule has 2 aromatic carbocycles. The summed E-state index contributed by atoms with van der Waals surface area (Å²) >= 11 is 2.04. The van der Waals surface area contributed by atoms with Gasteiger partial charge in [-0.25, -0.2) is 9.87 Å². The number of hydroxylamine groups is 1. The second-order valence-corrected chi connectivity index (χ2v) is 8.00. The van der Waals surface area contributed by atoms with Crippen molar-refractivity contribution in [2.75, 3.05) is 42.6 Å². The fourth-order valence-electron chi connectivity index (χ4n) is 3.17. The van der Waals surface area contributed by atoms with Gasteiger partial charge in [-0.1, -0.05) is 18.2 Å². The van der Waals surface area contributed by atoms with Gasteiger partial charge in [-0.05, 0) is 36.8 Å². The highest BCUT2D eigenvalue weighted by atomic mass is 127. The molecule has 9 heteroatoms. The molecule has 0 bridgehead atoms. The van der Waals surface area contributed by atoms with Gasteiger partial charge in [-0.2, -0.15) is 0 Å². The lowest BCUT2D eigenvalue weighted by Gasteiger charge is -2.28. The zero-order valence-electron chi connectivity index (χ0n) is 16.7. The number of rotatable bonds is 8. The number of nitrogens with zero attached hydrogens (tertiary/aromatic N) is 2. The number of halogens is 2. The molecule has 30 heavy (non-hydrogen) atoms. The molecule has 3 rings (SSSR count). The number of morpholine rings is 1. The Morgan fingerprint density at radius 1 is 1.30 bits per heavy atom. The summed E-state index contributed by atoms with van der Waals surface area (Å²) in [6.45, 7) is 5.14. The fraction of sp³-hybridized carbons (Fsp3) is 0.381. The van der Waals surface area contributed by atoms with Gasteiger partial charge in [0.25, 0.3) is 5.91 Å². The van der Waals surface area contributed by atoms with E-state index >= 15 is 0 Å². The maximum Gasteiger partial charge on any atom is 0.276 e. The second kappa shape index (κ2) is 11.0. The molecule has 1 aliphatic heterocycles. The molecule has 1 heterocycles. The van der Waals surface area contributed by atoms with Crippen LogP contribution in [0.2, 0.25) is 0 Å². The van der Waals surface area contributed by atoms with Crippen LogP contribution in [0.25, 0.3) is 0 Å². The molecular weight excluding hydrogens is 504 g/mol. The predicted octanol–water partition coefficient (Wildman–Crippen LogP) is 2.98. The number of carbonyl (C=O) groups excluding carboxylic acids is 1. The number of hydrogen-bond donors (Lipinski definition) is 2. The molecule has 2 N–H and O–H groups in total. The van der Waals surface area contributed by atoms with Gasteiger partial charge < -0.3 is 9.84 Å². The molecule has 1 fully saturated rings. The highest BCUT2D eigenvalue weighted by Crippen LogP contribution is 2.34. The first-order valence-corrected chi connectivity index (χ1v) is 10.6. The first-order valence-electron chi connectivity index (χ1n) is 9.67. The van der Waals surface area contributed by atoms with Crippen LogP contribution in [0.15, 0.2) is 42.5 Å². The van der Waals surface area contributed by atoms with E-state index in [1.807, 2.05) is 54.1 Å². The molecule has 162 valence electrons. The van der Waals surface area contributed by atoms with Crippen LogP contribution in [0.1, 0.15) is 15.9 Å². The highest BCUT2D eigenvalue weighted by Gasteiger charge is 2.20. The van der Waals surface area contributed by atoms with Crippen molar-refractivity contribution in [3.63, 3.8) is 0 Å². The van der Waals surface area contributed by atoms with Crippen molar-refractivity contribution < 1.29 is 23.9 Å². The summed E-state index contributed by atoms with van der Waals surface area (Å²) < 4.78 is 20.9. The van der Waals surface area contributed by atoms with Crippen LogP contribution in [0, 0.1) is 12.7 Å². The quantitative estimate of drug-likeness (QED) is 0.311. The predicted molar refractivity (Wildman–Crippen MR) is 120 cm³/mol. The van der Waals surface area contributed by atoms with Gasteiger partial charge in [0.05, 0.1) is 59.1 Å². The maximum absolute atomic E-state index is 13.9. The molecule has 1 unspecified atom stereocenters. The summed E-state index contributed by atoms with van der Waals surface area (Å²) in [4.78, 5) is 20.0. The normalized spacial score (nSPS) is 15.6. The summed E-state index contributed by atoms with van der Waals surface area (Å²) in [7, 11) is 0. The Morgan fingerprint density at radius 2 is 2.03 bits per heavy atom. The van der Waals surface area contributed by atoms with Gasteiger partial charge in [0.2, 0.25) is 0 Å². The van der Waals surface area contributed by atoms with Crippen LogP contribution in [0.5, 0.6) is 0 Å². The fourth-order valence-corrected chi connectivity index (χ4v) is 4.11. The van der Waals surface area contributed by atoms with Gasteiger partial charge in [-0.15, -0.1) is 0 Å². The zero-order chi connectivity index (χ0) is 21.5. The third kappa shape index (κ3) is 6.11. The molecule has 0 spiro atoms. The Morgan fingerprint density at radius 3 is 2.77 bits per heavy atom. The molecule has 7 nitrogen and oxygen atoms in total. The Hall–Kier alpha value is -1.79. The summed E-state index contributed by atoms with van der Waals surface area (Å²) in [6, 6.07) is 11.6. The van der Waals surface area contributed by atoms with Crippen molar-refractivity contribution in [1.82, 2.24) is 10.4 Å². The number of anilines is 2. The van der Waals surface area contributed by atoms with E-state index in [4.69, 9.17) is 9.57 Å². The van der Waals surface area contributed by atoms with Crippen LogP contribution in [-0.2, 0) is 9.57 Å². The van der Waals surface area contributed by atoms with E-state index in [1.165, 1.54) is 18.2 Å². The van der Waals surface area contributed by atoms with E-state index in [0.29, 0.717) is 25.4 Å². The van der Waals surface area contributed by atoms with Crippen molar-refractivity contribution >= 4 is 40.1 Å². The molecule has 0 aromatic heterocycles. The number of carbonyl (C=O) groups is 1. The van der Waals surface area contributed by atoms with Crippen molar-refractivity contribution in [3.05, 3.63) is 59.4 Å². The van der Waals surface area contributed by atoms with E-state index in [-0.39, 0.29) is 12.2 Å². The smallest absolute Gasteiger partial charge is 0.276 e. The SMILES string of the molecule is Cc1ccccc1N(I)c1cc(F)ccc1C(=O)NOCC(O)CN1CCOCC1. The third-order valence-corrected chi connectivity index (χ3v) is 5.80. The summed E-state index contributed by atoms with van der Waals surface area (Å²) in [5.74, 6) is -0.961. The number of ether oxygens (including phenoxy) is 1. The molecule has 0 radical (unpaired) electrons. The van der Waals surface area contributed by atoms with E-state index in [1.54, 1.807) is 3.11 Å². The van der Waals surface area contributed by atoms with Gasteiger partial charge in [0.15, 0.2) is 0 Å². The van der Waals surface area contributed by atoms with Gasteiger partial charge in [0, 0.05) is 19.6 Å². The molecule has 1 atom stereocenters. The molecule has 0 saturated carbocycles. The van der Waals surface area contributed by atoms with Crippen LogP contribution in [0.4, 0.5) is 15.8 Å². The Labute approximate surface area is 189 Å². The topological polar surface area (TPSA) is 74.3 Å². The molecule has 1 amide bonds. The van der Waals surface area contributed by atoms with Crippen LogP contribution < -0.4 is 8.59 Å². The van der Waals surface area contributed by atoms with E-state index in [0.717, 1.165) is 24.3 Å². The van der Waals surface area contributed by atoms with Crippen molar-refractivity contribution in [2.45, 2.75) is 13.0 Å². The number of amides is 1. The number of β-amino-alcohol motifs (C(OH)–C–C–N with tert-alkyl or cyclic N) is 1. The maximum atomic E-state index is 13.9. The number of aryl methyl sites for hydroxylation is 1. The van der Waals surface area contributed by atoms with Crippen LogP contribution >= 0.6 is 22.9 Å². The number of aliphatic hydroxyl groups is 1. The van der Waals surface area contributed by atoms with Crippen molar-refractivity contribution in [3.8, 4) is 0 Å². The minimum absolute atomic E-state index is 0.0502. The number of nitrogens with one attached hydrogen (secondary N) is 1. The lowest BCUT2D eigenvalue weighted by Crippen LogP contribution is -2.42. The first kappa shape index (κ1) is 22.9. The minimum Gasteiger partial charge on any atom is -0.389 e. The Bertz CT molecular complexity index is 864. The van der Waals surface area contributed by atoms with E-state index in [2.05, 4.69) is 10.4 Å². The number of hydrogen-bond acceptors (Lipinski definition) is 6. The van der Waals surface area contributed by atoms with Crippen LogP contribution in [-0.4, -0.2) is 61.5 Å².